The Bertz CT molecular complexity index is 1010. The van der Waals surface area contributed by atoms with Crippen LogP contribution in [0.4, 0.5) is 11.9 Å². The van der Waals surface area contributed by atoms with Crippen molar-refractivity contribution in [2.75, 3.05) is 24.7 Å². The molecule has 29 heavy (non-hydrogen) atoms. The highest BCUT2D eigenvalue weighted by Crippen LogP contribution is 2.32. The van der Waals surface area contributed by atoms with Crippen molar-refractivity contribution in [1.29, 1.82) is 0 Å². The molecule has 0 atom stereocenters. The second-order valence-corrected chi connectivity index (χ2v) is 8.81. The van der Waals surface area contributed by atoms with Gasteiger partial charge in [0.25, 0.3) is 0 Å². The Morgan fingerprint density at radius 1 is 1.14 bits per heavy atom. The maximum atomic E-state index is 6.40. The molecule has 0 amide bonds. The number of benzene rings is 1. The quantitative estimate of drug-likeness (QED) is 0.536. The molecular weight excluding hydrogens is 431 g/mol. The molecule has 0 aliphatic carbocycles. The first-order valence-corrected chi connectivity index (χ1v) is 10.7. The van der Waals surface area contributed by atoms with Crippen molar-refractivity contribution in [2.45, 2.75) is 31.3 Å². The van der Waals surface area contributed by atoms with Crippen molar-refractivity contribution < 1.29 is 0 Å². The van der Waals surface area contributed by atoms with E-state index in [1.165, 1.54) is 11.8 Å². The topological polar surface area (TPSA) is 98.6 Å². The van der Waals surface area contributed by atoms with Crippen molar-refractivity contribution in [2.24, 2.45) is 5.92 Å². The number of halogens is 2. The van der Waals surface area contributed by atoms with Crippen LogP contribution in [0.2, 0.25) is 10.0 Å². The fourth-order valence-electron chi connectivity index (χ4n) is 2.61. The third kappa shape index (κ3) is 5.29. The van der Waals surface area contributed by atoms with Gasteiger partial charge in [0.1, 0.15) is 5.82 Å². The first-order chi connectivity index (χ1) is 13.7. The molecule has 0 fully saturated rings. The summed E-state index contributed by atoms with van der Waals surface area (Å²) in [6.07, 6.45) is 0. The fourth-order valence-corrected chi connectivity index (χ4v) is 3.91. The van der Waals surface area contributed by atoms with E-state index in [0.717, 1.165) is 17.3 Å². The molecule has 3 rings (SSSR count). The maximum Gasteiger partial charge on any atom is 0.229 e. The van der Waals surface area contributed by atoms with Crippen molar-refractivity contribution in [3.8, 4) is 11.4 Å². The summed E-state index contributed by atoms with van der Waals surface area (Å²) < 4.78 is 2.06. The zero-order chi connectivity index (χ0) is 21.1. The molecule has 0 aliphatic rings. The average Bonchev–Trinajstić information content (AvgIpc) is 3.01. The van der Waals surface area contributed by atoms with E-state index < -0.39 is 0 Å². The molecule has 0 aliphatic heterocycles. The summed E-state index contributed by atoms with van der Waals surface area (Å²) in [5.41, 5.74) is 6.60. The van der Waals surface area contributed by atoms with Crippen LogP contribution in [0.25, 0.3) is 11.4 Å². The van der Waals surface area contributed by atoms with Gasteiger partial charge in [-0.3, -0.25) is 0 Å². The van der Waals surface area contributed by atoms with E-state index >= 15 is 0 Å². The fraction of sp³-hybridized carbons (Fsp3) is 0.389. The molecule has 8 nitrogen and oxygen atoms in total. The molecule has 0 unspecified atom stereocenters. The average molecular weight is 453 g/mol. The summed E-state index contributed by atoms with van der Waals surface area (Å²) in [7, 11) is 3.71. The Morgan fingerprint density at radius 3 is 2.55 bits per heavy atom. The van der Waals surface area contributed by atoms with E-state index in [9.17, 15) is 0 Å². The van der Waals surface area contributed by atoms with Crippen LogP contribution in [0, 0.1) is 5.92 Å². The Kier molecular flexibility index (Phi) is 6.81. The summed E-state index contributed by atoms with van der Waals surface area (Å²) >= 11 is 13.9. The van der Waals surface area contributed by atoms with Gasteiger partial charge < -0.3 is 15.2 Å². The Labute approximate surface area is 183 Å². The number of nitrogens with zero attached hydrogens (tertiary/aromatic N) is 7. The van der Waals surface area contributed by atoms with E-state index in [-0.39, 0.29) is 5.95 Å². The maximum absolute atomic E-state index is 6.40. The minimum absolute atomic E-state index is 0.191. The minimum Gasteiger partial charge on any atom is -0.368 e. The van der Waals surface area contributed by atoms with Gasteiger partial charge in [0.15, 0.2) is 11.0 Å². The zero-order valence-electron chi connectivity index (χ0n) is 16.6. The van der Waals surface area contributed by atoms with Gasteiger partial charge in [-0.05, 0) is 24.1 Å². The molecule has 0 saturated heterocycles. The van der Waals surface area contributed by atoms with E-state index in [0.29, 0.717) is 39.3 Å². The standard InChI is InChI=1S/C18H22Cl2N8S/c1-10(2)8-28-15(12-6-5-11(19)7-13(12)20)25-26-18(28)29-9-14-22-16(21)24-17(23-14)27(3)4/h5-7,10H,8-9H2,1-4H3,(H2,21,22,23,24). The molecule has 0 saturated carbocycles. The van der Waals surface area contributed by atoms with Crippen LogP contribution in [0.1, 0.15) is 19.7 Å². The van der Waals surface area contributed by atoms with Crippen LogP contribution in [-0.2, 0) is 12.3 Å². The molecule has 3 aromatic rings. The van der Waals surface area contributed by atoms with Crippen molar-refractivity contribution in [3.05, 3.63) is 34.1 Å². The van der Waals surface area contributed by atoms with Gasteiger partial charge >= 0.3 is 0 Å². The number of thioether (sulfide) groups is 1. The van der Waals surface area contributed by atoms with Gasteiger partial charge in [-0.1, -0.05) is 48.8 Å². The predicted octanol–water partition coefficient (Wildman–Crippen LogP) is 4.03. The van der Waals surface area contributed by atoms with Gasteiger partial charge in [-0.15, -0.1) is 10.2 Å². The number of nitrogens with two attached hydrogens (primary N) is 1. The Balaban J connectivity index is 1.91. The highest BCUT2D eigenvalue weighted by molar-refractivity contribution is 7.98. The van der Waals surface area contributed by atoms with E-state index in [2.05, 4.69) is 43.6 Å². The first kappa shape index (κ1) is 21.6. The lowest BCUT2D eigenvalue weighted by molar-refractivity contribution is 0.498. The number of aromatic nitrogens is 6. The minimum atomic E-state index is 0.191. The summed E-state index contributed by atoms with van der Waals surface area (Å²) in [4.78, 5) is 14.6. The van der Waals surface area contributed by atoms with Crippen LogP contribution in [0.3, 0.4) is 0 Å². The van der Waals surface area contributed by atoms with Crippen LogP contribution in [-0.4, -0.2) is 43.8 Å². The lowest BCUT2D eigenvalue weighted by Gasteiger charge is -2.14. The largest absolute Gasteiger partial charge is 0.368 e. The molecule has 2 aromatic heterocycles. The molecular formula is C18H22Cl2N8S. The molecule has 2 N–H and O–H groups in total. The highest BCUT2D eigenvalue weighted by atomic mass is 35.5. The molecule has 1 aromatic carbocycles. The van der Waals surface area contributed by atoms with Crippen molar-refractivity contribution in [3.63, 3.8) is 0 Å². The molecule has 0 bridgehead atoms. The van der Waals surface area contributed by atoms with Crippen LogP contribution in [0.15, 0.2) is 23.4 Å². The van der Waals surface area contributed by atoms with Gasteiger partial charge in [0, 0.05) is 31.2 Å². The van der Waals surface area contributed by atoms with Crippen molar-refractivity contribution >= 4 is 46.9 Å². The van der Waals surface area contributed by atoms with Crippen molar-refractivity contribution in [1.82, 2.24) is 29.7 Å². The summed E-state index contributed by atoms with van der Waals surface area (Å²) in [6.45, 7) is 5.02. The third-order valence-corrected chi connectivity index (χ3v) is 5.36. The summed E-state index contributed by atoms with van der Waals surface area (Å²) in [6, 6.07) is 5.35. The van der Waals surface area contributed by atoms with Gasteiger partial charge in [-0.25, -0.2) is 0 Å². The second-order valence-electron chi connectivity index (χ2n) is 7.03. The number of hydrogen-bond acceptors (Lipinski definition) is 8. The van der Waals surface area contributed by atoms with E-state index in [1.54, 1.807) is 17.0 Å². The number of hydrogen-bond donors (Lipinski definition) is 1. The third-order valence-electron chi connectivity index (χ3n) is 3.85. The van der Waals surface area contributed by atoms with Crippen LogP contribution >= 0.6 is 35.0 Å². The number of rotatable bonds is 7. The highest BCUT2D eigenvalue weighted by Gasteiger charge is 2.18. The molecule has 11 heteroatoms. The van der Waals surface area contributed by atoms with E-state index in [1.807, 2.05) is 20.2 Å². The van der Waals surface area contributed by atoms with Crippen LogP contribution < -0.4 is 10.6 Å². The van der Waals surface area contributed by atoms with Gasteiger partial charge in [-0.2, -0.15) is 15.0 Å². The normalized spacial score (nSPS) is 11.3. The second kappa shape index (κ2) is 9.15. The number of nitrogen functional groups attached to an aromatic ring is 1. The first-order valence-electron chi connectivity index (χ1n) is 8.93. The molecule has 0 spiro atoms. The smallest absolute Gasteiger partial charge is 0.229 e. The predicted molar refractivity (Wildman–Crippen MR) is 118 cm³/mol. The van der Waals surface area contributed by atoms with Crippen LogP contribution in [0.5, 0.6) is 0 Å². The zero-order valence-corrected chi connectivity index (χ0v) is 18.9. The van der Waals surface area contributed by atoms with Gasteiger partial charge in [0.2, 0.25) is 11.9 Å². The molecule has 2 heterocycles. The summed E-state index contributed by atoms with van der Waals surface area (Å²) in [5.74, 6) is 2.87. The molecule has 0 radical (unpaired) electrons. The Morgan fingerprint density at radius 2 is 1.90 bits per heavy atom. The Hall–Kier alpha value is -2.10. The SMILES string of the molecule is CC(C)Cn1c(SCc2nc(N)nc(N(C)C)n2)nnc1-c1ccc(Cl)cc1Cl. The molecule has 154 valence electrons. The lowest BCUT2D eigenvalue weighted by atomic mass is 10.2. The summed E-state index contributed by atoms with van der Waals surface area (Å²) in [5, 5.41) is 10.6. The monoisotopic (exact) mass is 452 g/mol. The number of anilines is 2. The van der Waals surface area contributed by atoms with Gasteiger partial charge in [0.05, 0.1) is 10.8 Å². The van der Waals surface area contributed by atoms with E-state index in [4.69, 9.17) is 28.9 Å². The lowest BCUT2D eigenvalue weighted by Crippen LogP contribution is -2.16.